The van der Waals surface area contributed by atoms with Gasteiger partial charge in [-0.3, -0.25) is 14.6 Å². The summed E-state index contributed by atoms with van der Waals surface area (Å²) >= 11 is 5.71. The van der Waals surface area contributed by atoms with E-state index in [-0.39, 0.29) is 5.02 Å². The predicted molar refractivity (Wildman–Crippen MR) is 96.5 cm³/mol. The van der Waals surface area contributed by atoms with Crippen LogP contribution in [0.2, 0.25) is 5.02 Å². The molecule has 1 atom stereocenters. The highest BCUT2D eigenvalue weighted by atomic mass is 35.5. The van der Waals surface area contributed by atoms with Crippen molar-refractivity contribution in [1.82, 2.24) is 14.8 Å². The molecule has 0 saturated carbocycles. The van der Waals surface area contributed by atoms with E-state index in [1.807, 2.05) is 0 Å². The van der Waals surface area contributed by atoms with Gasteiger partial charge in [-0.05, 0) is 43.3 Å². The second kappa shape index (κ2) is 7.45. The predicted octanol–water partition coefficient (Wildman–Crippen LogP) is 3.30. The molecule has 1 aromatic carbocycles. The Balaban J connectivity index is 1.86. The third kappa shape index (κ3) is 3.78. The fourth-order valence-corrected chi connectivity index (χ4v) is 2.49. The first kappa shape index (κ1) is 17.8. The maximum atomic E-state index is 13.2. The van der Waals surface area contributed by atoms with E-state index < -0.39 is 23.3 Å². The average molecular weight is 373 g/mol. The minimum Gasteiger partial charge on any atom is -0.324 e. The van der Waals surface area contributed by atoms with Gasteiger partial charge in [-0.15, -0.1) is 0 Å². The van der Waals surface area contributed by atoms with Crippen molar-refractivity contribution in [2.24, 2.45) is 0 Å². The molecule has 8 heteroatoms. The van der Waals surface area contributed by atoms with Gasteiger partial charge in [0.15, 0.2) is 0 Å². The summed E-state index contributed by atoms with van der Waals surface area (Å²) in [6.07, 6.45) is 3.22. The lowest BCUT2D eigenvalue weighted by atomic mass is 10.2. The molecule has 1 unspecified atom stereocenters. The maximum Gasteiger partial charge on any atom is 0.267 e. The van der Waals surface area contributed by atoms with E-state index >= 15 is 0 Å². The number of nitrogens with zero attached hydrogens (tertiary/aromatic N) is 3. The maximum absolute atomic E-state index is 13.2. The number of hydrogen-bond acceptors (Lipinski definition) is 4. The zero-order chi connectivity index (χ0) is 18.7. The molecule has 0 aliphatic rings. The van der Waals surface area contributed by atoms with E-state index in [1.54, 1.807) is 37.5 Å². The van der Waals surface area contributed by atoms with Gasteiger partial charge in [-0.1, -0.05) is 11.6 Å². The molecule has 0 aliphatic carbocycles. The Labute approximate surface area is 153 Å². The Kier molecular flexibility index (Phi) is 5.09. The lowest BCUT2D eigenvalue weighted by Gasteiger charge is -2.15. The normalized spacial score (nSPS) is 11.8. The third-order valence-corrected chi connectivity index (χ3v) is 4.02. The van der Waals surface area contributed by atoms with Gasteiger partial charge in [0.25, 0.3) is 5.56 Å². The van der Waals surface area contributed by atoms with Gasteiger partial charge in [0, 0.05) is 29.7 Å². The quantitative estimate of drug-likeness (QED) is 0.762. The van der Waals surface area contributed by atoms with Gasteiger partial charge in [-0.2, -0.15) is 5.10 Å². The van der Waals surface area contributed by atoms with Crippen molar-refractivity contribution in [3.8, 4) is 11.3 Å². The van der Waals surface area contributed by atoms with Gasteiger partial charge in [-0.25, -0.2) is 9.07 Å². The molecular weight excluding hydrogens is 359 g/mol. The van der Waals surface area contributed by atoms with Crippen molar-refractivity contribution in [2.45, 2.75) is 13.0 Å². The van der Waals surface area contributed by atoms with Crippen LogP contribution >= 0.6 is 11.6 Å². The number of pyridine rings is 1. The number of benzene rings is 1. The fraction of sp³-hybridized carbons (Fsp3) is 0.111. The van der Waals surface area contributed by atoms with E-state index in [0.717, 1.165) is 16.3 Å². The van der Waals surface area contributed by atoms with Crippen LogP contribution < -0.4 is 10.9 Å². The van der Waals surface area contributed by atoms with Crippen molar-refractivity contribution in [1.29, 1.82) is 0 Å². The van der Waals surface area contributed by atoms with E-state index in [2.05, 4.69) is 15.4 Å². The summed E-state index contributed by atoms with van der Waals surface area (Å²) in [5.74, 6) is -1.06. The van der Waals surface area contributed by atoms with Crippen LogP contribution in [0.5, 0.6) is 0 Å². The molecule has 2 aromatic heterocycles. The van der Waals surface area contributed by atoms with Crippen LogP contribution in [0, 0.1) is 5.82 Å². The molecule has 3 aromatic rings. The van der Waals surface area contributed by atoms with Crippen LogP contribution in [0.15, 0.2) is 59.7 Å². The van der Waals surface area contributed by atoms with Crippen molar-refractivity contribution < 1.29 is 9.18 Å². The van der Waals surface area contributed by atoms with E-state index in [0.29, 0.717) is 11.4 Å². The molecule has 1 N–H and O–H groups in total. The summed E-state index contributed by atoms with van der Waals surface area (Å²) in [6, 6.07) is 9.38. The number of nitrogens with one attached hydrogen (secondary N) is 1. The summed E-state index contributed by atoms with van der Waals surface area (Å²) in [4.78, 5) is 28.5. The molecule has 6 nitrogen and oxygen atoms in total. The Morgan fingerprint density at radius 1 is 1.19 bits per heavy atom. The molecule has 0 fully saturated rings. The molecule has 1 amide bonds. The van der Waals surface area contributed by atoms with Crippen LogP contribution in [0.1, 0.15) is 13.0 Å². The molecule has 26 heavy (non-hydrogen) atoms. The number of amides is 1. The van der Waals surface area contributed by atoms with Gasteiger partial charge in [0.1, 0.15) is 11.9 Å². The molecule has 3 rings (SSSR count). The second-order valence-electron chi connectivity index (χ2n) is 5.53. The molecule has 0 spiro atoms. The van der Waals surface area contributed by atoms with Crippen molar-refractivity contribution in [3.63, 3.8) is 0 Å². The lowest BCUT2D eigenvalue weighted by Crippen LogP contribution is -2.33. The zero-order valence-corrected chi connectivity index (χ0v) is 14.4. The summed E-state index contributed by atoms with van der Waals surface area (Å²) in [7, 11) is 0. The van der Waals surface area contributed by atoms with Crippen LogP contribution in [0.25, 0.3) is 11.3 Å². The number of halogens is 2. The second-order valence-corrected chi connectivity index (χ2v) is 5.94. The van der Waals surface area contributed by atoms with E-state index in [4.69, 9.17) is 11.6 Å². The standard InChI is InChI=1S/C18H14ClFN4O2/c1-11(18(26)22-13-2-3-15(20)14(19)10-13)24-17(25)5-4-16(23-24)12-6-8-21-9-7-12/h2-11H,1H3,(H,22,26). The van der Waals surface area contributed by atoms with Crippen molar-refractivity contribution >= 4 is 23.2 Å². The summed E-state index contributed by atoms with van der Waals surface area (Å²) in [5, 5.41) is 6.76. The smallest absolute Gasteiger partial charge is 0.267 e. The average Bonchev–Trinajstić information content (AvgIpc) is 2.65. The van der Waals surface area contributed by atoms with Crippen LogP contribution in [0.3, 0.4) is 0 Å². The Hall–Kier alpha value is -3.06. The number of aromatic nitrogens is 3. The number of hydrogen-bond donors (Lipinski definition) is 1. The molecule has 0 aliphatic heterocycles. The molecule has 0 saturated heterocycles. The number of rotatable bonds is 4. The molecule has 0 bridgehead atoms. The molecular formula is C18H14ClFN4O2. The van der Waals surface area contributed by atoms with Gasteiger partial charge in [0.05, 0.1) is 10.7 Å². The first-order chi connectivity index (χ1) is 12.5. The number of carbonyl (C=O) groups is 1. The number of carbonyl (C=O) groups excluding carboxylic acids is 1. The fourth-order valence-electron chi connectivity index (χ4n) is 2.31. The summed E-state index contributed by atoms with van der Waals surface area (Å²) in [6.45, 7) is 1.55. The molecule has 132 valence electrons. The van der Waals surface area contributed by atoms with Crippen LogP contribution in [-0.2, 0) is 4.79 Å². The minimum atomic E-state index is -0.881. The molecule has 0 radical (unpaired) electrons. The topological polar surface area (TPSA) is 76.9 Å². The highest BCUT2D eigenvalue weighted by Crippen LogP contribution is 2.20. The largest absolute Gasteiger partial charge is 0.324 e. The summed E-state index contributed by atoms with van der Waals surface area (Å²) < 4.78 is 14.3. The van der Waals surface area contributed by atoms with E-state index in [1.165, 1.54) is 18.2 Å². The zero-order valence-electron chi connectivity index (χ0n) is 13.7. The van der Waals surface area contributed by atoms with Gasteiger partial charge in [0.2, 0.25) is 5.91 Å². The van der Waals surface area contributed by atoms with Crippen LogP contribution in [-0.4, -0.2) is 20.7 Å². The van der Waals surface area contributed by atoms with E-state index in [9.17, 15) is 14.0 Å². The Bertz CT molecular complexity index is 1010. The minimum absolute atomic E-state index is 0.106. The first-order valence-corrected chi connectivity index (χ1v) is 8.09. The van der Waals surface area contributed by atoms with Crippen LogP contribution in [0.4, 0.5) is 10.1 Å². The highest BCUT2D eigenvalue weighted by Gasteiger charge is 2.18. The lowest BCUT2D eigenvalue weighted by molar-refractivity contribution is -0.119. The van der Waals surface area contributed by atoms with Gasteiger partial charge < -0.3 is 5.32 Å². The van der Waals surface area contributed by atoms with Gasteiger partial charge >= 0.3 is 0 Å². The number of anilines is 1. The SMILES string of the molecule is CC(C(=O)Nc1ccc(F)c(Cl)c1)n1nc(-c2ccncc2)ccc1=O. The Morgan fingerprint density at radius 3 is 2.62 bits per heavy atom. The molecule has 2 heterocycles. The van der Waals surface area contributed by atoms with Crippen molar-refractivity contribution in [3.05, 3.63) is 76.1 Å². The monoisotopic (exact) mass is 372 g/mol. The highest BCUT2D eigenvalue weighted by molar-refractivity contribution is 6.31. The van der Waals surface area contributed by atoms with Crippen molar-refractivity contribution in [2.75, 3.05) is 5.32 Å². The Morgan fingerprint density at radius 2 is 1.92 bits per heavy atom. The summed E-state index contributed by atoms with van der Waals surface area (Å²) in [5.41, 5.74) is 1.22. The first-order valence-electron chi connectivity index (χ1n) is 7.72. The third-order valence-electron chi connectivity index (χ3n) is 3.73.